The molecule has 0 aromatic heterocycles. The van der Waals surface area contributed by atoms with E-state index in [9.17, 15) is 14.4 Å². The van der Waals surface area contributed by atoms with E-state index in [1.807, 2.05) is 0 Å². The van der Waals surface area contributed by atoms with Gasteiger partial charge in [0, 0.05) is 5.69 Å². The van der Waals surface area contributed by atoms with E-state index in [-0.39, 0.29) is 13.0 Å². The maximum atomic E-state index is 12.2. The number of hydrogen-bond donors (Lipinski definition) is 2. The second-order valence-corrected chi connectivity index (χ2v) is 4.11. The van der Waals surface area contributed by atoms with Gasteiger partial charge in [0.15, 0.2) is 0 Å². The van der Waals surface area contributed by atoms with E-state index in [0.717, 1.165) is 0 Å². The van der Waals surface area contributed by atoms with Crippen molar-refractivity contribution < 1.29 is 19.1 Å². The maximum absolute atomic E-state index is 12.2. The monoisotopic (exact) mass is 279 g/mol. The SMILES string of the molecule is COC(=O)CN(C(=O)[C@@H](N)CC(N)=O)c1ccccc1. The molecule has 7 heteroatoms. The first-order valence-electron chi connectivity index (χ1n) is 5.92. The van der Waals surface area contributed by atoms with Crippen LogP contribution in [0, 0.1) is 0 Å². The van der Waals surface area contributed by atoms with Crippen molar-refractivity contribution in [3.05, 3.63) is 30.3 Å². The van der Waals surface area contributed by atoms with Crippen LogP contribution in [-0.4, -0.2) is 37.5 Å². The lowest BCUT2D eigenvalue weighted by atomic mass is 10.1. The van der Waals surface area contributed by atoms with Gasteiger partial charge in [0.25, 0.3) is 0 Å². The van der Waals surface area contributed by atoms with E-state index in [1.54, 1.807) is 30.3 Å². The quantitative estimate of drug-likeness (QED) is 0.674. The van der Waals surface area contributed by atoms with Gasteiger partial charge in [0.1, 0.15) is 6.54 Å². The third-order valence-corrected chi connectivity index (χ3v) is 2.59. The van der Waals surface area contributed by atoms with Crippen LogP contribution in [0.1, 0.15) is 6.42 Å². The highest BCUT2D eigenvalue weighted by Gasteiger charge is 2.25. The number of amides is 2. The summed E-state index contributed by atoms with van der Waals surface area (Å²) in [5, 5.41) is 0. The van der Waals surface area contributed by atoms with Gasteiger partial charge in [-0.3, -0.25) is 19.3 Å². The third kappa shape index (κ3) is 4.36. The minimum Gasteiger partial charge on any atom is -0.468 e. The Morgan fingerprint density at radius 3 is 2.35 bits per heavy atom. The van der Waals surface area contributed by atoms with Crippen molar-refractivity contribution in [3.8, 4) is 0 Å². The van der Waals surface area contributed by atoms with Gasteiger partial charge in [-0.1, -0.05) is 18.2 Å². The largest absolute Gasteiger partial charge is 0.468 e. The van der Waals surface area contributed by atoms with E-state index < -0.39 is 23.8 Å². The van der Waals surface area contributed by atoms with Crippen molar-refractivity contribution >= 4 is 23.5 Å². The van der Waals surface area contributed by atoms with E-state index in [2.05, 4.69) is 4.74 Å². The fourth-order valence-corrected chi connectivity index (χ4v) is 1.60. The first-order chi connectivity index (χ1) is 9.45. The highest BCUT2D eigenvalue weighted by atomic mass is 16.5. The highest BCUT2D eigenvalue weighted by Crippen LogP contribution is 2.14. The number of primary amides is 1. The number of nitrogens with zero attached hydrogens (tertiary/aromatic N) is 1. The van der Waals surface area contributed by atoms with Crippen LogP contribution >= 0.6 is 0 Å². The molecule has 1 aromatic carbocycles. The van der Waals surface area contributed by atoms with E-state index in [0.29, 0.717) is 5.69 Å². The summed E-state index contributed by atoms with van der Waals surface area (Å²) in [5.74, 6) is -1.84. The van der Waals surface area contributed by atoms with E-state index >= 15 is 0 Å². The molecule has 0 aliphatic heterocycles. The van der Waals surface area contributed by atoms with Gasteiger partial charge in [-0.25, -0.2) is 0 Å². The number of methoxy groups -OCH3 is 1. The molecule has 7 nitrogen and oxygen atoms in total. The van der Waals surface area contributed by atoms with Crippen molar-refractivity contribution in [1.82, 2.24) is 0 Å². The minimum atomic E-state index is -1.10. The van der Waals surface area contributed by atoms with Gasteiger partial charge in [0.2, 0.25) is 11.8 Å². The van der Waals surface area contributed by atoms with Crippen molar-refractivity contribution in [3.63, 3.8) is 0 Å². The molecule has 0 bridgehead atoms. The molecule has 0 fully saturated rings. The second-order valence-electron chi connectivity index (χ2n) is 4.11. The molecule has 0 heterocycles. The number of para-hydroxylation sites is 1. The molecule has 2 amide bonds. The van der Waals surface area contributed by atoms with Crippen LogP contribution in [0.3, 0.4) is 0 Å². The molecule has 0 saturated carbocycles. The van der Waals surface area contributed by atoms with Crippen LogP contribution in [0.2, 0.25) is 0 Å². The highest BCUT2D eigenvalue weighted by molar-refractivity contribution is 6.02. The van der Waals surface area contributed by atoms with Crippen molar-refractivity contribution in [2.24, 2.45) is 11.5 Å². The zero-order valence-corrected chi connectivity index (χ0v) is 11.1. The maximum Gasteiger partial charge on any atom is 0.325 e. The van der Waals surface area contributed by atoms with Gasteiger partial charge < -0.3 is 16.2 Å². The number of benzene rings is 1. The molecule has 0 radical (unpaired) electrons. The molecule has 108 valence electrons. The summed E-state index contributed by atoms with van der Waals surface area (Å²) in [7, 11) is 1.22. The topological polar surface area (TPSA) is 116 Å². The minimum absolute atomic E-state index is 0.286. The van der Waals surface area contributed by atoms with Crippen LogP contribution in [0.25, 0.3) is 0 Å². The lowest BCUT2D eigenvalue weighted by Gasteiger charge is -2.24. The summed E-state index contributed by atoms with van der Waals surface area (Å²) in [6.07, 6.45) is -0.288. The molecule has 0 spiro atoms. The van der Waals surface area contributed by atoms with Crippen molar-refractivity contribution in [1.29, 1.82) is 0 Å². The van der Waals surface area contributed by atoms with Gasteiger partial charge in [-0.2, -0.15) is 0 Å². The molecular formula is C13H17N3O4. The Morgan fingerprint density at radius 2 is 1.85 bits per heavy atom. The molecule has 0 aliphatic carbocycles. The zero-order chi connectivity index (χ0) is 15.1. The first-order valence-corrected chi connectivity index (χ1v) is 5.92. The normalized spacial score (nSPS) is 11.5. The molecule has 0 unspecified atom stereocenters. The fraction of sp³-hybridized carbons (Fsp3) is 0.308. The van der Waals surface area contributed by atoms with Crippen LogP contribution < -0.4 is 16.4 Å². The zero-order valence-electron chi connectivity index (χ0n) is 11.1. The standard InChI is InChI=1S/C13H17N3O4/c1-20-12(18)8-16(9-5-3-2-4-6-9)13(19)10(14)7-11(15)17/h2-6,10H,7-8,14H2,1H3,(H2,15,17)/t10-/m0/s1. The Hall–Kier alpha value is -2.41. The van der Waals surface area contributed by atoms with Crippen LogP contribution in [0.4, 0.5) is 5.69 Å². The molecule has 1 aromatic rings. The number of carbonyl (C=O) groups is 3. The predicted molar refractivity (Wildman–Crippen MR) is 72.6 cm³/mol. The summed E-state index contributed by atoms with van der Waals surface area (Å²) >= 11 is 0. The number of esters is 1. The smallest absolute Gasteiger partial charge is 0.325 e. The Balaban J connectivity index is 2.95. The molecule has 1 atom stereocenters. The Bertz CT molecular complexity index is 490. The summed E-state index contributed by atoms with van der Waals surface area (Å²) in [4.78, 5) is 35.6. The van der Waals surface area contributed by atoms with Gasteiger partial charge in [0.05, 0.1) is 19.6 Å². The fourth-order valence-electron chi connectivity index (χ4n) is 1.60. The number of carbonyl (C=O) groups excluding carboxylic acids is 3. The summed E-state index contributed by atoms with van der Waals surface area (Å²) in [6, 6.07) is 7.40. The molecule has 0 saturated heterocycles. The number of rotatable bonds is 6. The lowest BCUT2D eigenvalue weighted by Crippen LogP contribution is -2.47. The first kappa shape index (κ1) is 15.6. The Morgan fingerprint density at radius 1 is 1.25 bits per heavy atom. The van der Waals surface area contributed by atoms with Gasteiger partial charge >= 0.3 is 5.97 Å². The van der Waals surface area contributed by atoms with Crippen LogP contribution in [0.15, 0.2) is 30.3 Å². The number of anilines is 1. The van der Waals surface area contributed by atoms with Gasteiger partial charge in [-0.05, 0) is 12.1 Å². The Kier molecular flexibility index (Phi) is 5.67. The van der Waals surface area contributed by atoms with Gasteiger partial charge in [-0.15, -0.1) is 0 Å². The summed E-state index contributed by atoms with van der Waals surface area (Å²) < 4.78 is 4.55. The number of hydrogen-bond acceptors (Lipinski definition) is 5. The number of ether oxygens (including phenoxy) is 1. The summed E-state index contributed by atoms with van der Waals surface area (Å²) in [5.41, 5.74) is 11.1. The van der Waals surface area contributed by atoms with Crippen LogP contribution in [0.5, 0.6) is 0 Å². The second kappa shape index (κ2) is 7.25. The van der Waals surface area contributed by atoms with Crippen molar-refractivity contribution in [2.75, 3.05) is 18.6 Å². The molecule has 0 aliphatic rings. The molecule has 4 N–H and O–H groups in total. The number of nitrogens with two attached hydrogens (primary N) is 2. The average molecular weight is 279 g/mol. The molecule has 20 heavy (non-hydrogen) atoms. The average Bonchev–Trinajstić information content (AvgIpc) is 2.43. The Labute approximate surface area is 116 Å². The van der Waals surface area contributed by atoms with E-state index in [4.69, 9.17) is 11.5 Å². The summed E-state index contributed by atoms with van der Waals surface area (Å²) in [6.45, 7) is -0.286. The van der Waals surface area contributed by atoms with Crippen LogP contribution in [-0.2, 0) is 19.1 Å². The molecular weight excluding hydrogens is 262 g/mol. The third-order valence-electron chi connectivity index (χ3n) is 2.59. The molecule has 1 rings (SSSR count). The van der Waals surface area contributed by atoms with E-state index in [1.165, 1.54) is 12.0 Å². The predicted octanol–water partition coefficient (Wildman–Crippen LogP) is -0.605. The van der Waals surface area contributed by atoms with Crippen molar-refractivity contribution in [2.45, 2.75) is 12.5 Å². The lowest BCUT2D eigenvalue weighted by molar-refractivity contribution is -0.140.